The van der Waals surface area contributed by atoms with Gasteiger partial charge in [-0.3, -0.25) is 4.79 Å². The third-order valence-corrected chi connectivity index (χ3v) is 6.07. The lowest BCUT2D eigenvalue weighted by molar-refractivity contribution is -0.128. The Bertz CT molecular complexity index is 802. The number of amides is 1. The molecule has 0 unspecified atom stereocenters. The number of hydrogen-bond donors (Lipinski definition) is 1. The van der Waals surface area contributed by atoms with Crippen molar-refractivity contribution in [3.8, 4) is 0 Å². The van der Waals surface area contributed by atoms with Crippen molar-refractivity contribution in [2.75, 3.05) is 36.7 Å². The van der Waals surface area contributed by atoms with Crippen LogP contribution in [0.1, 0.15) is 33.1 Å². The maximum Gasteiger partial charge on any atom is 0.226 e. The number of nitrogens with zero attached hydrogens (tertiary/aromatic N) is 5. The quantitative estimate of drug-likeness (QED) is 0.429. The number of thioether (sulfide) groups is 1. The van der Waals surface area contributed by atoms with Gasteiger partial charge in [0, 0.05) is 25.5 Å². The van der Waals surface area contributed by atoms with Gasteiger partial charge in [0.05, 0.1) is 23.5 Å². The summed E-state index contributed by atoms with van der Waals surface area (Å²) in [5.41, 5.74) is 0.240. The standard InChI is InChI=1S/C18H27ClN6OS/c1-18(2,12-19)16(26)20-7-10-25-15-13(11-21-25)14(22-17(23-15)27-3)24-8-5-4-6-9-24/h11H,4-10,12H2,1-3H3,(H,20,26). The number of rotatable bonds is 7. The van der Waals surface area contributed by atoms with Crippen molar-refractivity contribution in [1.82, 2.24) is 25.1 Å². The van der Waals surface area contributed by atoms with Crippen molar-refractivity contribution in [2.45, 2.75) is 44.8 Å². The van der Waals surface area contributed by atoms with Crippen LogP contribution in [0.4, 0.5) is 5.82 Å². The number of alkyl halides is 1. The molecule has 2 aromatic rings. The molecule has 1 N–H and O–H groups in total. The molecule has 2 aromatic heterocycles. The number of nitrogens with one attached hydrogen (secondary N) is 1. The Labute approximate surface area is 169 Å². The van der Waals surface area contributed by atoms with E-state index in [4.69, 9.17) is 16.6 Å². The van der Waals surface area contributed by atoms with Crippen molar-refractivity contribution in [1.29, 1.82) is 0 Å². The van der Waals surface area contributed by atoms with E-state index in [9.17, 15) is 4.79 Å². The molecule has 148 valence electrons. The normalized spacial score (nSPS) is 15.3. The van der Waals surface area contributed by atoms with Crippen LogP contribution in [0.2, 0.25) is 0 Å². The number of halogens is 1. The van der Waals surface area contributed by atoms with E-state index in [1.54, 1.807) is 0 Å². The molecule has 1 aliphatic heterocycles. The highest BCUT2D eigenvalue weighted by molar-refractivity contribution is 7.98. The summed E-state index contributed by atoms with van der Waals surface area (Å²) in [6, 6.07) is 0. The first kappa shape index (κ1) is 20.2. The Hall–Kier alpha value is -1.54. The zero-order valence-corrected chi connectivity index (χ0v) is 17.7. The van der Waals surface area contributed by atoms with Crippen LogP contribution >= 0.6 is 23.4 Å². The zero-order valence-electron chi connectivity index (χ0n) is 16.2. The molecular formula is C18H27ClN6OS. The second kappa shape index (κ2) is 8.65. The Balaban J connectivity index is 1.80. The summed E-state index contributed by atoms with van der Waals surface area (Å²) in [7, 11) is 0. The van der Waals surface area contributed by atoms with Gasteiger partial charge < -0.3 is 10.2 Å². The number of piperidine rings is 1. The van der Waals surface area contributed by atoms with E-state index < -0.39 is 5.41 Å². The van der Waals surface area contributed by atoms with Gasteiger partial charge in [0.15, 0.2) is 10.8 Å². The third kappa shape index (κ3) is 4.48. The van der Waals surface area contributed by atoms with Crippen molar-refractivity contribution < 1.29 is 4.79 Å². The molecule has 0 bridgehead atoms. The molecule has 9 heteroatoms. The number of hydrogen-bond acceptors (Lipinski definition) is 6. The molecule has 3 heterocycles. The van der Waals surface area contributed by atoms with Gasteiger partial charge in [0.1, 0.15) is 5.82 Å². The second-order valence-electron chi connectivity index (χ2n) is 7.46. The summed E-state index contributed by atoms with van der Waals surface area (Å²) >= 11 is 7.40. The first-order valence-corrected chi connectivity index (χ1v) is 11.1. The Morgan fingerprint density at radius 1 is 1.30 bits per heavy atom. The number of carbonyl (C=O) groups is 1. The molecule has 0 spiro atoms. The van der Waals surface area contributed by atoms with Crippen LogP contribution in [-0.2, 0) is 11.3 Å². The van der Waals surface area contributed by atoms with Crippen LogP contribution < -0.4 is 10.2 Å². The van der Waals surface area contributed by atoms with E-state index >= 15 is 0 Å². The maximum absolute atomic E-state index is 12.2. The maximum atomic E-state index is 12.2. The van der Waals surface area contributed by atoms with Gasteiger partial charge in [-0.25, -0.2) is 14.6 Å². The highest BCUT2D eigenvalue weighted by Crippen LogP contribution is 2.28. The minimum absolute atomic E-state index is 0.0533. The molecule has 1 fully saturated rings. The first-order valence-electron chi connectivity index (χ1n) is 9.33. The largest absolute Gasteiger partial charge is 0.356 e. The molecule has 0 saturated carbocycles. The fourth-order valence-corrected chi connectivity index (χ4v) is 3.57. The first-order chi connectivity index (χ1) is 13.0. The van der Waals surface area contributed by atoms with E-state index in [-0.39, 0.29) is 11.8 Å². The van der Waals surface area contributed by atoms with Crippen LogP contribution in [0.15, 0.2) is 11.4 Å². The van der Waals surface area contributed by atoms with E-state index in [0.29, 0.717) is 13.1 Å². The summed E-state index contributed by atoms with van der Waals surface area (Å²) in [4.78, 5) is 23.9. The lowest BCUT2D eigenvalue weighted by Crippen LogP contribution is -2.39. The van der Waals surface area contributed by atoms with Crippen molar-refractivity contribution >= 4 is 46.1 Å². The minimum Gasteiger partial charge on any atom is -0.356 e. The lowest BCUT2D eigenvalue weighted by atomic mass is 9.95. The second-order valence-corrected chi connectivity index (χ2v) is 8.50. The van der Waals surface area contributed by atoms with Crippen LogP contribution in [0.3, 0.4) is 0 Å². The predicted molar refractivity (Wildman–Crippen MR) is 111 cm³/mol. The average molecular weight is 411 g/mol. The minimum atomic E-state index is -0.580. The fourth-order valence-electron chi connectivity index (χ4n) is 3.10. The van der Waals surface area contributed by atoms with Crippen molar-refractivity contribution in [3.63, 3.8) is 0 Å². The van der Waals surface area contributed by atoms with Gasteiger partial charge in [0.2, 0.25) is 5.91 Å². The molecule has 7 nitrogen and oxygen atoms in total. The van der Waals surface area contributed by atoms with Crippen LogP contribution in [-0.4, -0.2) is 57.4 Å². The molecule has 0 aliphatic carbocycles. The zero-order chi connectivity index (χ0) is 19.4. The highest BCUT2D eigenvalue weighted by atomic mass is 35.5. The predicted octanol–water partition coefficient (Wildman–Crippen LogP) is 2.92. The fraction of sp³-hybridized carbons (Fsp3) is 0.667. The topological polar surface area (TPSA) is 75.9 Å². The molecule has 27 heavy (non-hydrogen) atoms. The number of fused-ring (bicyclic) bond motifs is 1. The molecule has 1 saturated heterocycles. The van der Waals surface area contributed by atoms with Gasteiger partial charge in [-0.15, -0.1) is 11.6 Å². The summed E-state index contributed by atoms with van der Waals surface area (Å²) < 4.78 is 1.85. The third-order valence-electron chi connectivity index (χ3n) is 4.85. The summed E-state index contributed by atoms with van der Waals surface area (Å²) in [6.07, 6.45) is 7.48. The van der Waals surface area contributed by atoms with E-state index in [2.05, 4.69) is 20.3 Å². The van der Waals surface area contributed by atoms with E-state index in [0.717, 1.165) is 35.1 Å². The van der Waals surface area contributed by atoms with Crippen molar-refractivity contribution in [2.24, 2.45) is 5.41 Å². The molecular weight excluding hydrogens is 384 g/mol. The molecule has 1 amide bonds. The molecule has 1 aliphatic rings. The van der Waals surface area contributed by atoms with Crippen LogP contribution in [0.25, 0.3) is 11.0 Å². The van der Waals surface area contributed by atoms with Gasteiger partial charge in [-0.2, -0.15) is 5.10 Å². The molecule has 0 radical (unpaired) electrons. The number of carbonyl (C=O) groups excluding carboxylic acids is 1. The van der Waals surface area contributed by atoms with Crippen LogP contribution in [0, 0.1) is 5.41 Å². The Morgan fingerprint density at radius 2 is 2.04 bits per heavy atom. The average Bonchev–Trinajstić information content (AvgIpc) is 3.10. The van der Waals surface area contributed by atoms with Gasteiger partial charge >= 0.3 is 0 Å². The summed E-state index contributed by atoms with van der Waals surface area (Å²) in [5.74, 6) is 1.21. The van der Waals surface area contributed by atoms with Crippen molar-refractivity contribution in [3.05, 3.63) is 6.20 Å². The highest BCUT2D eigenvalue weighted by Gasteiger charge is 2.26. The van der Waals surface area contributed by atoms with E-state index in [1.807, 2.05) is 31.0 Å². The summed E-state index contributed by atoms with van der Waals surface area (Å²) in [6.45, 7) is 6.75. The van der Waals surface area contributed by atoms with Gasteiger partial charge in [-0.05, 0) is 39.4 Å². The van der Waals surface area contributed by atoms with Gasteiger partial charge in [-0.1, -0.05) is 11.8 Å². The molecule has 3 rings (SSSR count). The smallest absolute Gasteiger partial charge is 0.226 e. The van der Waals surface area contributed by atoms with Gasteiger partial charge in [0.25, 0.3) is 0 Å². The Kier molecular flexibility index (Phi) is 6.47. The van der Waals surface area contributed by atoms with Crippen LogP contribution in [0.5, 0.6) is 0 Å². The number of anilines is 1. The number of aromatic nitrogens is 4. The molecule has 0 aromatic carbocycles. The molecule has 0 atom stereocenters. The SMILES string of the molecule is CSc1nc(N2CCCCC2)c2cnn(CCNC(=O)C(C)(C)CCl)c2n1. The lowest BCUT2D eigenvalue weighted by Gasteiger charge is -2.28. The Morgan fingerprint density at radius 3 is 2.70 bits per heavy atom. The summed E-state index contributed by atoms with van der Waals surface area (Å²) in [5, 5.41) is 9.17. The van der Waals surface area contributed by atoms with E-state index in [1.165, 1.54) is 31.0 Å². The monoisotopic (exact) mass is 410 g/mol.